The molecule has 0 atom stereocenters. The molecule has 1 aliphatic rings. The molecule has 2 N–H and O–H groups in total. The molecule has 0 saturated carbocycles. The molecule has 1 saturated heterocycles. The highest BCUT2D eigenvalue weighted by atomic mass is 32.2. The average molecular weight is 313 g/mol. The van der Waals surface area contributed by atoms with Crippen molar-refractivity contribution in [1.29, 1.82) is 0 Å². The monoisotopic (exact) mass is 312 g/mol. The highest BCUT2D eigenvalue weighted by Gasteiger charge is 2.17. The van der Waals surface area contributed by atoms with Crippen molar-refractivity contribution < 1.29 is 0 Å². The molecule has 0 amide bonds. The number of aliphatic imine (C=N–C) groups is 1. The molecule has 0 aliphatic carbocycles. The standard InChI is InChI=1S/C14H24N4S2/c1-14(2,3)12-17-11(10-20-12)4-5-16-13(15)18-6-8-19-9-7-18/h10H,4-9H2,1-3H3,(H2,15,16). The van der Waals surface area contributed by atoms with Crippen molar-refractivity contribution in [3.63, 3.8) is 0 Å². The Bertz CT molecular complexity index is 456. The highest BCUT2D eigenvalue weighted by molar-refractivity contribution is 7.99. The van der Waals surface area contributed by atoms with Crippen molar-refractivity contribution in [2.75, 3.05) is 31.1 Å². The molecule has 1 fully saturated rings. The van der Waals surface area contributed by atoms with Crippen LogP contribution in [0.5, 0.6) is 0 Å². The summed E-state index contributed by atoms with van der Waals surface area (Å²) in [5.74, 6) is 2.99. The van der Waals surface area contributed by atoms with E-state index in [0.717, 1.165) is 43.3 Å². The van der Waals surface area contributed by atoms with Crippen LogP contribution in [0.3, 0.4) is 0 Å². The van der Waals surface area contributed by atoms with Crippen molar-refractivity contribution in [3.8, 4) is 0 Å². The molecule has 2 rings (SSSR count). The van der Waals surface area contributed by atoms with Gasteiger partial charge in [-0.2, -0.15) is 11.8 Å². The molecule has 0 bridgehead atoms. The van der Waals surface area contributed by atoms with Gasteiger partial charge in [0.2, 0.25) is 0 Å². The van der Waals surface area contributed by atoms with E-state index < -0.39 is 0 Å². The van der Waals surface area contributed by atoms with E-state index in [0.29, 0.717) is 5.96 Å². The number of nitrogens with two attached hydrogens (primary N) is 1. The summed E-state index contributed by atoms with van der Waals surface area (Å²) in [5.41, 5.74) is 7.30. The summed E-state index contributed by atoms with van der Waals surface area (Å²) < 4.78 is 0. The lowest BCUT2D eigenvalue weighted by molar-refractivity contribution is 0.456. The van der Waals surface area contributed by atoms with Gasteiger partial charge in [0.25, 0.3) is 0 Å². The highest BCUT2D eigenvalue weighted by Crippen LogP contribution is 2.25. The van der Waals surface area contributed by atoms with Crippen LogP contribution in [0.15, 0.2) is 10.4 Å². The van der Waals surface area contributed by atoms with Crippen LogP contribution in [0.1, 0.15) is 31.5 Å². The lowest BCUT2D eigenvalue weighted by Gasteiger charge is -2.27. The number of thioether (sulfide) groups is 1. The third kappa shape index (κ3) is 4.38. The Hall–Kier alpha value is -0.750. The van der Waals surface area contributed by atoms with E-state index in [2.05, 4.69) is 41.0 Å². The second-order valence-electron chi connectivity index (χ2n) is 5.98. The molecule has 6 heteroatoms. The van der Waals surface area contributed by atoms with Crippen molar-refractivity contribution in [2.45, 2.75) is 32.6 Å². The molecule has 1 aromatic rings. The summed E-state index contributed by atoms with van der Waals surface area (Å²) in [4.78, 5) is 11.4. The molecule has 1 aromatic heterocycles. The van der Waals surface area contributed by atoms with Crippen molar-refractivity contribution in [1.82, 2.24) is 9.88 Å². The second kappa shape index (κ2) is 6.80. The molecule has 2 heterocycles. The summed E-state index contributed by atoms with van der Waals surface area (Å²) in [7, 11) is 0. The molecule has 112 valence electrons. The van der Waals surface area contributed by atoms with E-state index in [4.69, 9.17) is 5.73 Å². The number of aromatic nitrogens is 1. The Labute approximate surface area is 129 Å². The molecular formula is C14H24N4S2. The fraction of sp³-hybridized carbons (Fsp3) is 0.714. The Morgan fingerprint density at radius 1 is 1.40 bits per heavy atom. The molecule has 4 nitrogen and oxygen atoms in total. The smallest absolute Gasteiger partial charge is 0.191 e. The Balaban J connectivity index is 1.84. The van der Waals surface area contributed by atoms with E-state index in [9.17, 15) is 0 Å². The number of thiazole rings is 1. The fourth-order valence-corrected chi connectivity index (χ4v) is 3.79. The predicted molar refractivity (Wildman–Crippen MR) is 89.9 cm³/mol. The summed E-state index contributed by atoms with van der Waals surface area (Å²) >= 11 is 3.72. The normalized spacial score (nSPS) is 17.6. The van der Waals surface area contributed by atoms with Gasteiger partial charge in [-0.15, -0.1) is 11.3 Å². The predicted octanol–water partition coefficient (Wildman–Crippen LogP) is 2.35. The summed E-state index contributed by atoms with van der Waals surface area (Å²) in [5, 5.41) is 3.33. The van der Waals surface area contributed by atoms with E-state index in [1.165, 1.54) is 5.01 Å². The van der Waals surface area contributed by atoms with Gasteiger partial charge in [0.05, 0.1) is 10.7 Å². The van der Waals surface area contributed by atoms with Gasteiger partial charge in [-0.25, -0.2) is 4.98 Å². The van der Waals surface area contributed by atoms with E-state index in [1.807, 2.05) is 11.8 Å². The van der Waals surface area contributed by atoms with E-state index >= 15 is 0 Å². The van der Waals surface area contributed by atoms with Gasteiger partial charge in [-0.1, -0.05) is 20.8 Å². The zero-order chi connectivity index (χ0) is 14.6. The third-order valence-electron chi connectivity index (χ3n) is 3.17. The van der Waals surface area contributed by atoms with Crippen LogP contribution in [-0.2, 0) is 11.8 Å². The van der Waals surface area contributed by atoms with Gasteiger partial charge in [-0.05, 0) is 0 Å². The zero-order valence-electron chi connectivity index (χ0n) is 12.6. The maximum atomic E-state index is 6.04. The van der Waals surface area contributed by atoms with Crippen LogP contribution >= 0.6 is 23.1 Å². The second-order valence-corrected chi connectivity index (χ2v) is 8.07. The lowest BCUT2D eigenvalue weighted by Crippen LogP contribution is -2.42. The maximum absolute atomic E-state index is 6.04. The average Bonchev–Trinajstić information content (AvgIpc) is 2.88. The van der Waals surface area contributed by atoms with Gasteiger partial charge in [0, 0.05) is 48.4 Å². The molecular weight excluding hydrogens is 288 g/mol. The van der Waals surface area contributed by atoms with Crippen LogP contribution in [-0.4, -0.2) is 47.0 Å². The van der Waals surface area contributed by atoms with Gasteiger partial charge in [-0.3, -0.25) is 4.99 Å². The number of rotatable bonds is 3. The SMILES string of the molecule is CC(C)(C)c1nc(CCN=C(N)N2CCSCC2)cs1. The first kappa shape index (κ1) is 15.6. The lowest BCUT2D eigenvalue weighted by atomic mass is 9.98. The van der Waals surface area contributed by atoms with Crippen LogP contribution in [0.4, 0.5) is 0 Å². The van der Waals surface area contributed by atoms with Crippen molar-refractivity contribution >= 4 is 29.1 Å². The minimum Gasteiger partial charge on any atom is -0.370 e. The molecule has 0 unspecified atom stereocenters. The summed E-state index contributed by atoms with van der Waals surface area (Å²) in [6, 6.07) is 0. The molecule has 0 spiro atoms. The van der Waals surface area contributed by atoms with Gasteiger partial charge in [0.15, 0.2) is 5.96 Å². The van der Waals surface area contributed by atoms with E-state index in [1.54, 1.807) is 11.3 Å². The summed E-state index contributed by atoms with van der Waals surface area (Å²) in [6.45, 7) is 9.35. The maximum Gasteiger partial charge on any atom is 0.191 e. The zero-order valence-corrected chi connectivity index (χ0v) is 14.2. The quantitative estimate of drug-likeness (QED) is 0.687. The Kier molecular flexibility index (Phi) is 5.32. The van der Waals surface area contributed by atoms with Crippen LogP contribution < -0.4 is 5.73 Å². The van der Waals surface area contributed by atoms with Gasteiger partial charge < -0.3 is 10.6 Å². The topological polar surface area (TPSA) is 54.5 Å². The number of guanidine groups is 1. The first-order valence-corrected chi connectivity index (χ1v) is 9.08. The molecule has 0 aromatic carbocycles. The Morgan fingerprint density at radius 3 is 2.70 bits per heavy atom. The largest absolute Gasteiger partial charge is 0.370 e. The third-order valence-corrected chi connectivity index (χ3v) is 5.43. The van der Waals surface area contributed by atoms with Gasteiger partial charge in [0.1, 0.15) is 0 Å². The van der Waals surface area contributed by atoms with E-state index in [-0.39, 0.29) is 5.41 Å². The van der Waals surface area contributed by atoms with Crippen molar-refractivity contribution in [3.05, 3.63) is 16.1 Å². The number of hydrogen-bond acceptors (Lipinski definition) is 4. The number of nitrogens with zero attached hydrogens (tertiary/aromatic N) is 3. The molecule has 0 radical (unpaired) electrons. The van der Waals surface area contributed by atoms with Crippen LogP contribution in [0.2, 0.25) is 0 Å². The van der Waals surface area contributed by atoms with Crippen LogP contribution in [0, 0.1) is 0 Å². The first-order chi connectivity index (χ1) is 9.47. The van der Waals surface area contributed by atoms with Crippen molar-refractivity contribution in [2.24, 2.45) is 10.7 Å². The first-order valence-electron chi connectivity index (χ1n) is 7.04. The van der Waals surface area contributed by atoms with Crippen LogP contribution in [0.25, 0.3) is 0 Å². The fourth-order valence-electron chi connectivity index (χ4n) is 1.94. The minimum atomic E-state index is 0.136. The minimum absolute atomic E-state index is 0.136. The Morgan fingerprint density at radius 2 is 2.10 bits per heavy atom. The number of hydrogen-bond donors (Lipinski definition) is 1. The van der Waals surface area contributed by atoms with Gasteiger partial charge >= 0.3 is 0 Å². The summed E-state index contributed by atoms with van der Waals surface area (Å²) in [6.07, 6.45) is 0.871. The molecule has 20 heavy (non-hydrogen) atoms. The molecule has 1 aliphatic heterocycles.